The molecule has 0 spiro atoms. The fourth-order valence-electron chi connectivity index (χ4n) is 1.35. The van der Waals surface area contributed by atoms with Crippen molar-refractivity contribution >= 4 is 11.8 Å². The van der Waals surface area contributed by atoms with Crippen molar-refractivity contribution in [3.8, 4) is 5.75 Å². The Morgan fingerprint density at radius 1 is 1.28 bits per heavy atom. The first kappa shape index (κ1) is 14.0. The van der Waals surface area contributed by atoms with Crippen LogP contribution >= 0.6 is 0 Å². The summed E-state index contributed by atoms with van der Waals surface area (Å²) in [5.41, 5.74) is 0.470. The topological polar surface area (TPSA) is 67.4 Å². The maximum absolute atomic E-state index is 11.7. The minimum Gasteiger partial charge on any atom is -0.497 e. The van der Waals surface area contributed by atoms with Crippen molar-refractivity contribution in [3.05, 3.63) is 29.8 Å². The summed E-state index contributed by atoms with van der Waals surface area (Å²) >= 11 is 0. The molecule has 0 aliphatic carbocycles. The van der Waals surface area contributed by atoms with Gasteiger partial charge in [-0.05, 0) is 24.6 Å². The number of methoxy groups -OCH3 is 1. The highest BCUT2D eigenvalue weighted by atomic mass is 16.5. The van der Waals surface area contributed by atoms with Crippen molar-refractivity contribution < 1.29 is 14.3 Å². The highest BCUT2D eigenvalue weighted by Crippen LogP contribution is 2.11. The zero-order valence-corrected chi connectivity index (χ0v) is 10.7. The number of amides is 2. The zero-order chi connectivity index (χ0) is 13.4. The second-order valence-corrected chi connectivity index (χ2v) is 3.76. The molecule has 0 heterocycles. The van der Waals surface area contributed by atoms with Crippen molar-refractivity contribution in [2.75, 3.05) is 20.2 Å². The third kappa shape index (κ3) is 4.45. The summed E-state index contributed by atoms with van der Waals surface area (Å²) in [7, 11) is 1.54. The van der Waals surface area contributed by atoms with E-state index in [0.717, 1.165) is 6.42 Å². The Balaban J connectivity index is 2.47. The average molecular weight is 250 g/mol. The molecule has 98 valence electrons. The number of hydrogen-bond acceptors (Lipinski definition) is 3. The summed E-state index contributed by atoms with van der Waals surface area (Å²) < 4.78 is 5.02. The summed E-state index contributed by atoms with van der Waals surface area (Å²) in [5, 5.41) is 5.24. The Morgan fingerprint density at radius 3 is 2.72 bits per heavy atom. The molecule has 0 atom stereocenters. The number of hydrogen-bond donors (Lipinski definition) is 2. The van der Waals surface area contributed by atoms with Crippen LogP contribution in [0.3, 0.4) is 0 Å². The van der Waals surface area contributed by atoms with Crippen LogP contribution in [0, 0.1) is 0 Å². The van der Waals surface area contributed by atoms with Gasteiger partial charge < -0.3 is 15.4 Å². The summed E-state index contributed by atoms with van der Waals surface area (Å²) in [4.78, 5) is 23.1. The summed E-state index contributed by atoms with van der Waals surface area (Å²) in [6, 6.07) is 6.77. The van der Waals surface area contributed by atoms with Crippen LogP contribution in [-0.4, -0.2) is 32.0 Å². The molecule has 0 aliphatic rings. The number of benzene rings is 1. The summed E-state index contributed by atoms with van der Waals surface area (Å²) in [6.45, 7) is 2.57. The molecule has 0 saturated heterocycles. The van der Waals surface area contributed by atoms with Crippen LogP contribution in [0.25, 0.3) is 0 Å². The Labute approximate surface area is 107 Å². The molecule has 0 aromatic heterocycles. The molecule has 0 radical (unpaired) electrons. The van der Waals surface area contributed by atoms with Crippen LogP contribution in [0.15, 0.2) is 24.3 Å². The van der Waals surface area contributed by atoms with Gasteiger partial charge in [0.25, 0.3) is 5.91 Å². The third-order valence-electron chi connectivity index (χ3n) is 2.31. The van der Waals surface area contributed by atoms with Crippen LogP contribution in [0.1, 0.15) is 23.7 Å². The fourth-order valence-corrected chi connectivity index (χ4v) is 1.35. The SMILES string of the molecule is CCCNC(=O)CNC(=O)c1cccc(OC)c1. The molecular weight excluding hydrogens is 232 g/mol. The van der Waals surface area contributed by atoms with E-state index < -0.39 is 0 Å². The summed E-state index contributed by atoms with van der Waals surface area (Å²) in [6.07, 6.45) is 0.871. The van der Waals surface area contributed by atoms with E-state index in [1.54, 1.807) is 24.3 Å². The van der Waals surface area contributed by atoms with Crippen molar-refractivity contribution in [2.45, 2.75) is 13.3 Å². The summed E-state index contributed by atoms with van der Waals surface area (Å²) in [5.74, 6) is 0.131. The maximum Gasteiger partial charge on any atom is 0.251 e. The van der Waals surface area contributed by atoms with Crippen molar-refractivity contribution in [3.63, 3.8) is 0 Å². The van der Waals surface area contributed by atoms with Crippen LogP contribution in [-0.2, 0) is 4.79 Å². The normalized spacial score (nSPS) is 9.67. The molecule has 1 aromatic rings. The monoisotopic (exact) mass is 250 g/mol. The molecule has 0 unspecified atom stereocenters. The van der Waals surface area contributed by atoms with Crippen molar-refractivity contribution in [1.82, 2.24) is 10.6 Å². The molecule has 1 rings (SSSR count). The molecule has 2 N–H and O–H groups in total. The van der Waals surface area contributed by atoms with Crippen LogP contribution < -0.4 is 15.4 Å². The lowest BCUT2D eigenvalue weighted by molar-refractivity contribution is -0.120. The lowest BCUT2D eigenvalue weighted by Gasteiger charge is -2.07. The standard InChI is InChI=1S/C13H18N2O3/c1-3-7-14-12(16)9-15-13(17)10-5-4-6-11(8-10)18-2/h4-6,8H,3,7,9H2,1-2H3,(H,14,16)(H,15,17). The van der Waals surface area contributed by atoms with E-state index in [0.29, 0.717) is 17.9 Å². The first-order chi connectivity index (χ1) is 8.67. The molecule has 0 fully saturated rings. The first-order valence-electron chi connectivity index (χ1n) is 5.86. The van der Waals surface area contributed by atoms with Crippen LogP contribution in [0.4, 0.5) is 0 Å². The molecule has 0 aliphatic heterocycles. The Bertz CT molecular complexity index is 418. The highest BCUT2D eigenvalue weighted by Gasteiger charge is 2.08. The van der Waals surface area contributed by atoms with Gasteiger partial charge in [-0.15, -0.1) is 0 Å². The smallest absolute Gasteiger partial charge is 0.251 e. The molecule has 2 amide bonds. The molecule has 0 bridgehead atoms. The molecule has 1 aromatic carbocycles. The van der Waals surface area contributed by atoms with Gasteiger partial charge in [0.1, 0.15) is 5.75 Å². The van der Waals surface area contributed by atoms with E-state index in [4.69, 9.17) is 4.74 Å². The largest absolute Gasteiger partial charge is 0.497 e. The number of nitrogens with one attached hydrogen (secondary N) is 2. The van der Waals surface area contributed by atoms with E-state index >= 15 is 0 Å². The second kappa shape index (κ2) is 7.32. The van der Waals surface area contributed by atoms with Gasteiger partial charge in [0.05, 0.1) is 13.7 Å². The Hall–Kier alpha value is -2.04. The number of ether oxygens (including phenoxy) is 1. The molecule has 18 heavy (non-hydrogen) atoms. The Kier molecular flexibility index (Phi) is 5.70. The molecule has 0 saturated carbocycles. The predicted molar refractivity (Wildman–Crippen MR) is 68.6 cm³/mol. The van der Waals surface area contributed by atoms with E-state index in [9.17, 15) is 9.59 Å². The van der Waals surface area contributed by atoms with Gasteiger partial charge in [-0.3, -0.25) is 9.59 Å². The van der Waals surface area contributed by atoms with Gasteiger partial charge in [0.2, 0.25) is 5.91 Å². The lowest BCUT2D eigenvalue weighted by Crippen LogP contribution is -2.37. The first-order valence-corrected chi connectivity index (χ1v) is 5.86. The highest BCUT2D eigenvalue weighted by molar-refractivity contribution is 5.96. The zero-order valence-electron chi connectivity index (χ0n) is 10.7. The van der Waals surface area contributed by atoms with Gasteiger partial charge in [-0.25, -0.2) is 0 Å². The lowest BCUT2D eigenvalue weighted by atomic mass is 10.2. The molecule has 5 nitrogen and oxygen atoms in total. The van der Waals surface area contributed by atoms with Crippen molar-refractivity contribution in [2.24, 2.45) is 0 Å². The minimum absolute atomic E-state index is 0.0178. The predicted octanol–water partition coefficient (Wildman–Crippen LogP) is 0.951. The van der Waals surface area contributed by atoms with E-state index in [2.05, 4.69) is 10.6 Å². The van der Waals surface area contributed by atoms with Gasteiger partial charge in [0, 0.05) is 12.1 Å². The average Bonchev–Trinajstić information content (AvgIpc) is 2.42. The van der Waals surface area contributed by atoms with Gasteiger partial charge >= 0.3 is 0 Å². The minimum atomic E-state index is -0.291. The van der Waals surface area contributed by atoms with Crippen LogP contribution in [0.5, 0.6) is 5.75 Å². The quantitative estimate of drug-likeness (QED) is 0.790. The van der Waals surface area contributed by atoms with Crippen molar-refractivity contribution in [1.29, 1.82) is 0 Å². The fraction of sp³-hybridized carbons (Fsp3) is 0.385. The van der Waals surface area contributed by atoms with Gasteiger partial charge in [0.15, 0.2) is 0 Å². The second-order valence-electron chi connectivity index (χ2n) is 3.76. The molecule has 5 heteroatoms. The number of carbonyl (C=O) groups is 2. The number of rotatable bonds is 6. The number of carbonyl (C=O) groups excluding carboxylic acids is 2. The van der Waals surface area contributed by atoms with E-state index in [1.165, 1.54) is 7.11 Å². The van der Waals surface area contributed by atoms with Gasteiger partial charge in [-0.1, -0.05) is 13.0 Å². The Morgan fingerprint density at radius 2 is 2.06 bits per heavy atom. The van der Waals surface area contributed by atoms with Crippen LogP contribution in [0.2, 0.25) is 0 Å². The van der Waals surface area contributed by atoms with E-state index in [1.807, 2.05) is 6.92 Å². The third-order valence-corrected chi connectivity index (χ3v) is 2.31. The van der Waals surface area contributed by atoms with E-state index in [-0.39, 0.29) is 18.4 Å². The maximum atomic E-state index is 11.7. The molecular formula is C13H18N2O3. The van der Waals surface area contributed by atoms with Gasteiger partial charge in [-0.2, -0.15) is 0 Å².